The monoisotopic (exact) mass is 543 g/mol. The summed E-state index contributed by atoms with van der Waals surface area (Å²) < 4.78 is 7.01. The van der Waals surface area contributed by atoms with E-state index in [9.17, 15) is 4.79 Å². The SMILES string of the molecule is CO.COc1ccc(NC(=O)N2CCCCNCCCC2)cc1.c1ccc(-c2ccn(-c3ccccc3)n2)cc1. The van der Waals surface area contributed by atoms with Crippen molar-refractivity contribution in [3.05, 3.63) is 97.2 Å². The van der Waals surface area contributed by atoms with E-state index in [1.54, 1.807) is 7.11 Å². The minimum Gasteiger partial charge on any atom is -0.497 e. The Morgan fingerprint density at radius 3 is 2.02 bits per heavy atom. The number of aromatic nitrogens is 2. The number of hydrogen-bond donors (Lipinski definition) is 3. The Morgan fingerprint density at radius 2 is 1.43 bits per heavy atom. The van der Waals surface area contributed by atoms with Crippen molar-refractivity contribution < 1.29 is 14.6 Å². The molecule has 40 heavy (non-hydrogen) atoms. The zero-order valence-electron chi connectivity index (χ0n) is 23.5. The third-order valence-electron chi connectivity index (χ3n) is 6.37. The molecule has 212 valence electrons. The van der Waals surface area contributed by atoms with Gasteiger partial charge in [0.05, 0.1) is 18.5 Å². The lowest BCUT2D eigenvalue weighted by Gasteiger charge is -2.24. The molecule has 4 aromatic rings. The van der Waals surface area contributed by atoms with Crippen LogP contribution in [0.2, 0.25) is 0 Å². The van der Waals surface area contributed by atoms with E-state index in [2.05, 4.69) is 27.9 Å². The predicted molar refractivity (Wildman–Crippen MR) is 162 cm³/mol. The first kappa shape index (κ1) is 30.4. The Labute approximate surface area is 237 Å². The van der Waals surface area contributed by atoms with Crippen LogP contribution in [0, 0.1) is 0 Å². The molecule has 2 heterocycles. The molecule has 8 nitrogen and oxygen atoms in total. The van der Waals surface area contributed by atoms with Crippen molar-refractivity contribution in [1.29, 1.82) is 0 Å². The number of nitrogens with one attached hydrogen (secondary N) is 2. The van der Waals surface area contributed by atoms with Gasteiger partial charge in [0, 0.05) is 37.6 Å². The van der Waals surface area contributed by atoms with Crippen LogP contribution in [0.15, 0.2) is 97.2 Å². The van der Waals surface area contributed by atoms with Crippen LogP contribution in [-0.4, -0.2) is 66.2 Å². The van der Waals surface area contributed by atoms with Crippen molar-refractivity contribution in [2.75, 3.05) is 45.7 Å². The number of carbonyl (C=O) groups excluding carboxylic acids is 1. The predicted octanol–water partition coefficient (Wildman–Crippen LogP) is 5.84. The van der Waals surface area contributed by atoms with Gasteiger partial charge in [0.25, 0.3) is 0 Å². The second-order valence-electron chi connectivity index (χ2n) is 9.16. The summed E-state index contributed by atoms with van der Waals surface area (Å²) in [6.07, 6.45) is 6.31. The topological polar surface area (TPSA) is 91.6 Å². The molecule has 0 radical (unpaired) electrons. The van der Waals surface area contributed by atoms with Crippen LogP contribution in [0.4, 0.5) is 10.5 Å². The molecule has 1 saturated heterocycles. The van der Waals surface area contributed by atoms with Gasteiger partial charge in [0.2, 0.25) is 0 Å². The number of ether oxygens (including phenoxy) is 1. The van der Waals surface area contributed by atoms with Crippen LogP contribution in [0.3, 0.4) is 0 Å². The molecule has 1 aliphatic rings. The highest BCUT2D eigenvalue weighted by atomic mass is 16.5. The number of hydrogen-bond acceptors (Lipinski definition) is 5. The third kappa shape index (κ3) is 9.87. The standard InChI is InChI=1S/C16H25N3O2.C15H12N2.CH4O/c1-21-15-8-6-14(7-9-15)18-16(20)19-12-4-2-10-17-11-3-5-13-19;1-3-7-13(8-4-1)15-11-12-17(16-15)14-9-5-2-6-10-14;1-2/h6-9,17H,2-5,10-13H2,1H3,(H,18,20);1-12H;2H,1H3. The molecule has 1 fully saturated rings. The highest BCUT2D eigenvalue weighted by molar-refractivity contribution is 5.89. The summed E-state index contributed by atoms with van der Waals surface area (Å²) in [4.78, 5) is 14.3. The molecule has 5 rings (SSSR count). The lowest BCUT2D eigenvalue weighted by atomic mass is 10.2. The fraction of sp³-hybridized carbons (Fsp3) is 0.312. The maximum Gasteiger partial charge on any atom is 0.321 e. The van der Waals surface area contributed by atoms with Crippen molar-refractivity contribution in [1.82, 2.24) is 20.0 Å². The molecule has 1 aliphatic heterocycles. The Bertz CT molecular complexity index is 1170. The summed E-state index contributed by atoms with van der Waals surface area (Å²) in [6.45, 7) is 3.75. The van der Waals surface area contributed by atoms with E-state index < -0.39 is 0 Å². The number of urea groups is 1. The number of rotatable bonds is 4. The third-order valence-corrected chi connectivity index (χ3v) is 6.37. The smallest absolute Gasteiger partial charge is 0.321 e. The minimum atomic E-state index is -0.00583. The number of para-hydroxylation sites is 1. The molecule has 8 heteroatoms. The summed E-state index contributed by atoms with van der Waals surface area (Å²) >= 11 is 0. The molecule has 0 atom stereocenters. The summed E-state index contributed by atoms with van der Waals surface area (Å²) in [5, 5.41) is 17.9. The lowest BCUT2D eigenvalue weighted by Crippen LogP contribution is -2.37. The number of anilines is 1. The summed E-state index contributed by atoms with van der Waals surface area (Å²) in [7, 11) is 2.63. The van der Waals surface area contributed by atoms with Gasteiger partial charge in [-0.2, -0.15) is 5.10 Å². The van der Waals surface area contributed by atoms with Gasteiger partial charge in [-0.3, -0.25) is 0 Å². The zero-order chi connectivity index (χ0) is 28.4. The Morgan fingerprint density at radius 1 is 0.825 bits per heavy atom. The molecular weight excluding hydrogens is 502 g/mol. The lowest BCUT2D eigenvalue weighted by molar-refractivity contribution is 0.208. The van der Waals surface area contributed by atoms with Gasteiger partial charge >= 0.3 is 6.03 Å². The molecule has 3 aromatic carbocycles. The first-order valence-electron chi connectivity index (χ1n) is 13.7. The van der Waals surface area contributed by atoms with Crippen molar-refractivity contribution in [3.63, 3.8) is 0 Å². The number of aliphatic hydroxyl groups is 1. The molecule has 3 N–H and O–H groups in total. The Hall–Kier alpha value is -4.14. The van der Waals surface area contributed by atoms with E-state index in [-0.39, 0.29) is 6.03 Å². The van der Waals surface area contributed by atoms with Gasteiger partial charge in [0.15, 0.2) is 0 Å². The second kappa shape index (κ2) is 17.4. The quantitative estimate of drug-likeness (QED) is 0.301. The molecule has 0 aliphatic carbocycles. The highest BCUT2D eigenvalue weighted by Gasteiger charge is 2.13. The van der Waals surface area contributed by atoms with E-state index in [1.807, 2.05) is 94.6 Å². The number of benzene rings is 3. The van der Waals surface area contributed by atoms with Gasteiger partial charge in [-0.1, -0.05) is 48.5 Å². The molecule has 0 unspecified atom stereocenters. The fourth-order valence-electron chi connectivity index (χ4n) is 4.23. The van der Waals surface area contributed by atoms with Gasteiger partial charge in [-0.05, 0) is 81.2 Å². The van der Waals surface area contributed by atoms with E-state index >= 15 is 0 Å². The van der Waals surface area contributed by atoms with Crippen LogP contribution < -0.4 is 15.4 Å². The van der Waals surface area contributed by atoms with Crippen molar-refractivity contribution in [2.45, 2.75) is 25.7 Å². The van der Waals surface area contributed by atoms with E-state index in [1.165, 1.54) is 0 Å². The minimum absolute atomic E-state index is 0.00583. The number of aliphatic hydroxyl groups excluding tert-OH is 1. The molecule has 2 amide bonds. The first-order valence-corrected chi connectivity index (χ1v) is 13.7. The average Bonchev–Trinajstić information content (AvgIpc) is 3.53. The maximum atomic E-state index is 12.4. The van der Waals surface area contributed by atoms with Crippen LogP contribution in [0.5, 0.6) is 5.75 Å². The fourth-order valence-corrected chi connectivity index (χ4v) is 4.23. The first-order chi connectivity index (χ1) is 19.7. The molecule has 1 aromatic heterocycles. The number of carbonyl (C=O) groups is 1. The summed E-state index contributed by atoms with van der Waals surface area (Å²) in [6, 6.07) is 29.8. The summed E-state index contributed by atoms with van der Waals surface area (Å²) in [5.74, 6) is 0.791. The van der Waals surface area contributed by atoms with Gasteiger partial charge < -0.3 is 25.4 Å². The Kier molecular flexibility index (Phi) is 13.3. The average molecular weight is 544 g/mol. The number of methoxy groups -OCH3 is 1. The van der Waals surface area contributed by atoms with Crippen LogP contribution >= 0.6 is 0 Å². The number of amides is 2. The van der Waals surface area contributed by atoms with Crippen molar-refractivity contribution in [3.8, 4) is 22.7 Å². The van der Waals surface area contributed by atoms with Crippen molar-refractivity contribution in [2.24, 2.45) is 0 Å². The van der Waals surface area contributed by atoms with Crippen LogP contribution in [-0.2, 0) is 0 Å². The van der Waals surface area contributed by atoms with E-state index in [0.29, 0.717) is 0 Å². The maximum absolute atomic E-state index is 12.4. The van der Waals surface area contributed by atoms with Gasteiger partial charge in [-0.25, -0.2) is 9.48 Å². The second-order valence-corrected chi connectivity index (χ2v) is 9.16. The van der Waals surface area contributed by atoms with Gasteiger partial charge in [-0.15, -0.1) is 0 Å². The number of nitrogens with zero attached hydrogens (tertiary/aromatic N) is 3. The largest absolute Gasteiger partial charge is 0.497 e. The van der Waals surface area contributed by atoms with Gasteiger partial charge in [0.1, 0.15) is 5.75 Å². The van der Waals surface area contributed by atoms with Crippen LogP contribution in [0.25, 0.3) is 16.9 Å². The molecule has 0 spiro atoms. The summed E-state index contributed by atoms with van der Waals surface area (Å²) in [5.41, 5.74) is 4.02. The molecular formula is C32H41N5O3. The van der Waals surface area contributed by atoms with E-state index in [4.69, 9.17) is 9.84 Å². The normalized spacial score (nSPS) is 13.5. The van der Waals surface area contributed by atoms with E-state index in [0.717, 1.165) is 87.4 Å². The van der Waals surface area contributed by atoms with Crippen LogP contribution in [0.1, 0.15) is 25.7 Å². The molecule has 0 bridgehead atoms. The zero-order valence-corrected chi connectivity index (χ0v) is 23.5. The van der Waals surface area contributed by atoms with Crippen molar-refractivity contribution >= 4 is 11.7 Å². The Balaban J connectivity index is 0.000000211. The highest BCUT2D eigenvalue weighted by Crippen LogP contribution is 2.18. The molecule has 0 saturated carbocycles.